The lowest BCUT2D eigenvalue weighted by Crippen LogP contribution is -2.48. The highest BCUT2D eigenvalue weighted by molar-refractivity contribution is 6.45. The summed E-state index contributed by atoms with van der Waals surface area (Å²) >= 11 is 0. The first-order chi connectivity index (χ1) is 7.27. The Morgan fingerprint density at radius 1 is 1.20 bits per heavy atom. The zero-order valence-electron chi connectivity index (χ0n) is 9.78. The quantitative estimate of drug-likeness (QED) is 0.666. The summed E-state index contributed by atoms with van der Waals surface area (Å²) in [6.45, 7) is 5.22. The Kier molecular flexibility index (Phi) is 4.06. The molecule has 3 nitrogen and oxygen atoms in total. The number of nitrogens with zero attached hydrogens (tertiary/aromatic N) is 1. The maximum atomic E-state index is 9.48. The third kappa shape index (κ3) is 2.96. The van der Waals surface area contributed by atoms with Crippen molar-refractivity contribution in [3.8, 4) is 0 Å². The smallest absolute Gasteiger partial charge is 0.376 e. The van der Waals surface area contributed by atoms with E-state index in [0.29, 0.717) is 0 Å². The summed E-state index contributed by atoms with van der Waals surface area (Å²) < 4.78 is 0. The van der Waals surface area contributed by atoms with E-state index in [1.54, 1.807) is 0 Å². The lowest BCUT2D eigenvalue weighted by Gasteiger charge is -2.38. The monoisotopic (exact) mass is 210 g/mol. The second-order valence-corrected chi connectivity index (χ2v) is 5.06. The van der Waals surface area contributed by atoms with E-state index in [-0.39, 0.29) is 7.05 Å². The second-order valence-electron chi connectivity index (χ2n) is 5.06. The molecule has 0 radical (unpaired) electrons. The van der Waals surface area contributed by atoms with E-state index in [0.717, 1.165) is 25.0 Å². The minimum absolute atomic E-state index is 0.259. The van der Waals surface area contributed by atoms with Crippen molar-refractivity contribution in [3.05, 3.63) is 0 Å². The van der Waals surface area contributed by atoms with Crippen molar-refractivity contribution < 1.29 is 5.02 Å². The average molecular weight is 210 g/mol. The number of piperidine rings is 2. The van der Waals surface area contributed by atoms with Gasteiger partial charge in [-0.05, 0) is 58.1 Å². The molecule has 0 aromatic rings. The van der Waals surface area contributed by atoms with Gasteiger partial charge in [-0.2, -0.15) is 0 Å². The molecular weight excluding hydrogens is 187 g/mol. The Morgan fingerprint density at radius 3 is 2.47 bits per heavy atom. The molecule has 0 spiro atoms. The summed E-state index contributed by atoms with van der Waals surface area (Å²) in [6, 6.07) is 0.759. The minimum atomic E-state index is -0.259. The Labute approximate surface area is 93.4 Å². The van der Waals surface area contributed by atoms with Crippen LogP contribution in [0.4, 0.5) is 0 Å². The van der Waals surface area contributed by atoms with Crippen LogP contribution in [0.1, 0.15) is 32.1 Å². The Bertz CT molecular complexity index is 187. The van der Waals surface area contributed by atoms with Gasteiger partial charge in [0, 0.05) is 6.04 Å². The summed E-state index contributed by atoms with van der Waals surface area (Å²) in [5.41, 5.74) is 0. The van der Waals surface area contributed by atoms with E-state index in [4.69, 9.17) is 0 Å². The van der Waals surface area contributed by atoms with E-state index in [9.17, 15) is 5.02 Å². The van der Waals surface area contributed by atoms with Gasteiger partial charge in [-0.1, -0.05) is 6.42 Å². The van der Waals surface area contributed by atoms with E-state index < -0.39 is 0 Å². The van der Waals surface area contributed by atoms with E-state index in [1.807, 2.05) is 6.82 Å². The predicted molar refractivity (Wildman–Crippen MR) is 63.8 cm³/mol. The van der Waals surface area contributed by atoms with Gasteiger partial charge in [-0.3, -0.25) is 0 Å². The third-order valence-corrected chi connectivity index (χ3v) is 4.02. The zero-order valence-corrected chi connectivity index (χ0v) is 9.78. The molecule has 0 aliphatic carbocycles. The molecular formula is C11H23BN2O. The standard InChI is InChI=1S/C11H23BN2O/c1-12(15)14-8-5-10(6-9-14)11-4-2-3-7-13-11/h10-11,13,15H,2-9H2,1H3. The highest BCUT2D eigenvalue weighted by Crippen LogP contribution is 2.25. The molecule has 2 aliphatic rings. The molecule has 86 valence electrons. The normalized spacial score (nSPS) is 30.4. The van der Waals surface area contributed by atoms with Gasteiger partial charge in [-0.25, -0.2) is 0 Å². The fourth-order valence-corrected chi connectivity index (χ4v) is 2.98. The topological polar surface area (TPSA) is 35.5 Å². The van der Waals surface area contributed by atoms with Crippen molar-refractivity contribution in [1.82, 2.24) is 10.1 Å². The molecule has 1 atom stereocenters. The van der Waals surface area contributed by atoms with E-state index >= 15 is 0 Å². The predicted octanol–water partition coefficient (Wildman–Crippen LogP) is 0.951. The van der Waals surface area contributed by atoms with Crippen LogP contribution in [0.3, 0.4) is 0 Å². The molecule has 1 unspecified atom stereocenters. The largest absolute Gasteiger partial charge is 0.437 e. The van der Waals surface area contributed by atoms with Gasteiger partial charge in [-0.15, -0.1) is 0 Å². The fraction of sp³-hybridized carbons (Fsp3) is 1.00. The van der Waals surface area contributed by atoms with Crippen LogP contribution in [0.2, 0.25) is 6.82 Å². The summed E-state index contributed by atoms with van der Waals surface area (Å²) in [5, 5.41) is 13.1. The summed E-state index contributed by atoms with van der Waals surface area (Å²) in [7, 11) is -0.259. The highest BCUT2D eigenvalue weighted by Gasteiger charge is 2.29. The maximum absolute atomic E-state index is 9.48. The molecule has 0 aromatic heterocycles. The van der Waals surface area contributed by atoms with Gasteiger partial charge in [0.05, 0.1) is 0 Å². The molecule has 2 N–H and O–H groups in total. The van der Waals surface area contributed by atoms with Crippen molar-refractivity contribution in [2.75, 3.05) is 19.6 Å². The first-order valence-corrected chi connectivity index (χ1v) is 6.43. The lowest BCUT2D eigenvalue weighted by molar-refractivity contribution is 0.190. The molecule has 4 heteroatoms. The number of hydrogen-bond acceptors (Lipinski definition) is 3. The molecule has 2 saturated heterocycles. The van der Waals surface area contributed by atoms with Crippen LogP contribution in [0.5, 0.6) is 0 Å². The van der Waals surface area contributed by atoms with Gasteiger partial charge in [0.15, 0.2) is 0 Å². The zero-order chi connectivity index (χ0) is 10.7. The van der Waals surface area contributed by atoms with Crippen molar-refractivity contribution in [1.29, 1.82) is 0 Å². The third-order valence-electron chi connectivity index (χ3n) is 4.02. The van der Waals surface area contributed by atoms with Gasteiger partial charge in [0.1, 0.15) is 0 Å². The summed E-state index contributed by atoms with van der Waals surface area (Å²) in [6.07, 6.45) is 6.61. The van der Waals surface area contributed by atoms with E-state index in [1.165, 1.54) is 38.6 Å². The highest BCUT2D eigenvalue weighted by atomic mass is 16.2. The molecule has 2 aliphatic heterocycles. The van der Waals surface area contributed by atoms with Crippen molar-refractivity contribution in [2.24, 2.45) is 5.92 Å². The molecule has 15 heavy (non-hydrogen) atoms. The first-order valence-electron chi connectivity index (χ1n) is 6.43. The molecule has 2 rings (SSSR count). The maximum Gasteiger partial charge on any atom is 0.376 e. The van der Waals surface area contributed by atoms with Crippen molar-refractivity contribution in [3.63, 3.8) is 0 Å². The summed E-state index contributed by atoms with van der Waals surface area (Å²) in [5.74, 6) is 0.847. The van der Waals surface area contributed by atoms with Crippen molar-refractivity contribution >= 4 is 7.05 Å². The molecule has 0 saturated carbocycles. The molecule has 2 heterocycles. The lowest BCUT2D eigenvalue weighted by atomic mass is 9.78. The van der Waals surface area contributed by atoms with Crippen LogP contribution in [-0.4, -0.2) is 42.6 Å². The van der Waals surface area contributed by atoms with E-state index in [2.05, 4.69) is 10.1 Å². The van der Waals surface area contributed by atoms with Crippen LogP contribution in [0.15, 0.2) is 0 Å². The SMILES string of the molecule is CB(O)N1CCC(C2CCCCN2)CC1. The molecule has 0 amide bonds. The Morgan fingerprint density at radius 2 is 1.93 bits per heavy atom. The van der Waals surface area contributed by atoms with Gasteiger partial charge >= 0.3 is 7.05 Å². The van der Waals surface area contributed by atoms with Crippen LogP contribution in [0.25, 0.3) is 0 Å². The Balaban J connectivity index is 1.77. The Hall–Kier alpha value is -0.0551. The second kappa shape index (κ2) is 5.33. The van der Waals surface area contributed by atoms with Crippen LogP contribution < -0.4 is 5.32 Å². The van der Waals surface area contributed by atoms with Gasteiger partial charge < -0.3 is 15.2 Å². The van der Waals surface area contributed by atoms with Crippen molar-refractivity contribution in [2.45, 2.75) is 45.0 Å². The minimum Gasteiger partial charge on any atom is -0.437 e. The van der Waals surface area contributed by atoms with Gasteiger partial charge in [0.2, 0.25) is 0 Å². The van der Waals surface area contributed by atoms with Crippen LogP contribution >= 0.6 is 0 Å². The fourth-order valence-electron chi connectivity index (χ4n) is 2.98. The molecule has 0 aromatic carbocycles. The first kappa shape index (κ1) is 11.4. The van der Waals surface area contributed by atoms with Crippen LogP contribution in [-0.2, 0) is 0 Å². The summed E-state index contributed by atoms with van der Waals surface area (Å²) in [4.78, 5) is 2.18. The number of nitrogens with one attached hydrogen (secondary N) is 1. The number of rotatable bonds is 2. The number of hydrogen-bond donors (Lipinski definition) is 2. The van der Waals surface area contributed by atoms with Crippen LogP contribution in [0, 0.1) is 5.92 Å². The van der Waals surface area contributed by atoms with Gasteiger partial charge in [0.25, 0.3) is 0 Å². The average Bonchev–Trinajstić information content (AvgIpc) is 2.30. The molecule has 0 bridgehead atoms. The molecule has 2 fully saturated rings.